The fraction of sp³-hybridized carbons (Fsp3) is 0.529. The molecule has 7 nitrogen and oxygen atoms in total. The third kappa shape index (κ3) is 4.05. The normalized spacial score (nSPS) is 20.6. The topological polar surface area (TPSA) is 82.1 Å². The molecule has 0 bridgehead atoms. The van der Waals surface area contributed by atoms with Gasteiger partial charge in [0.1, 0.15) is 0 Å². The van der Waals surface area contributed by atoms with Crippen LogP contribution in [0.3, 0.4) is 0 Å². The van der Waals surface area contributed by atoms with Gasteiger partial charge in [-0.05, 0) is 31.0 Å². The fourth-order valence-electron chi connectivity index (χ4n) is 3.12. The summed E-state index contributed by atoms with van der Waals surface area (Å²) >= 11 is 6.18. The first-order valence-electron chi connectivity index (χ1n) is 8.45. The standard InChI is InChI=1S/C17H22ClN3O4/c18-14-4-3-12(16(23)20-5-1-2-6-20)9-15(14)19-17(24)21-7-8-25-11-13(21)10-22/h3-4,9,13,22H,1-2,5-8,10-11H2,(H,19,24). The average molecular weight is 368 g/mol. The summed E-state index contributed by atoms with van der Waals surface area (Å²) < 4.78 is 5.28. The Labute approximate surface area is 151 Å². The predicted molar refractivity (Wildman–Crippen MR) is 94.0 cm³/mol. The predicted octanol–water partition coefficient (Wildman–Crippen LogP) is 1.80. The van der Waals surface area contributed by atoms with Crippen molar-refractivity contribution in [2.45, 2.75) is 18.9 Å². The first kappa shape index (κ1) is 18.0. The number of aliphatic hydroxyl groups is 1. The Bertz CT molecular complexity index is 649. The summed E-state index contributed by atoms with van der Waals surface area (Å²) in [7, 11) is 0. The lowest BCUT2D eigenvalue weighted by atomic mass is 10.1. The van der Waals surface area contributed by atoms with E-state index in [1.54, 1.807) is 23.1 Å². The maximum absolute atomic E-state index is 12.5. The molecule has 0 saturated carbocycles. The Balaban J connectivity index is 1.74. The van der Waals surface area contributed by atoms with Crippen LogP contribution in [0.15, 0.2) is 18.2 Å². The highest BCUT2D eigenvalue weighted by Gasteiger charge is 2.27. The number of benzene rings is 1. The number of nitrogens with zero attached hydrogens (tertiary/aromatic N) is 2. The van der Waals surface area contributed by atoms with Crippen molar-refractivity contribution < 1.29 is 19.4 Å². The van der Waals surface area contributed by atoms with Crippen LogP contribution >= 0.6 is 11.6 Å². The molecule has 0 aliphatic carbocycles. The van der Waals surface area contributed by atoms with Crippen molar-refractivity contribution in [1.29, 1.82) is 0 Å². The summed E-state index contributed by atoms with van der Waals surface area (Å²) in [6.07, 6.45) is 2.03. The monoisotopic (exact) mass is 367 g/mol. The quantitative estimate of drug-likeness (QED) is 0.853. The van der Waals surface area contributed by atoms with E-state index in [0.29, 0.717) is 36.0 Å². The van der Waals surface area contributed by atoms with Gasteiger partial charge in [-0.3, -0.25) is 4.79 Å². The maximum Gasteiger partial charge on any atom is 0.322 e. The molecule has 2 heterocycles. The van der Waals surface area contributed by atoms with Crippen LogP contribution in [0.5, 0.6) is 0 Å². The molecule has 2 aliphatic heterocycles. The lowest BCUT2D eigenvalue weighted by Crippen LogP contribution is -2.52. The molecular weight excluding hydrogens is 346 g/mol. The van der Waals surface area contributed by atoms with Crippen LogP contribution in [0.1, 0.15) is 23.2 Å². The van der Waals surface area contributed by atoms with Crippen molar-refractivity contribution >= 4 is 29.2 Å². The molecule has 8 heteroatoms. The van der Waals surface area contributed by atoms with Gasteiger partial charge in [0.15, 0.2) is 0 Å². The van der Waals surface area contributed by atoms with Gasteiger partial charge in [0.05, 0.1) is 36.6 Å². The molecule has 0 radical (unpaired) electrons. The first-order valence-corrected chi connectivity index (χ1v) is 8.83. The summed E-state index contributed by atoms with van der Waals surface area (Å²) in [6.45, 7) is 2.45. The number of likely N-dealkylation sites (tertiary alicyclic amines) is 1. The number of carbonyl (C=O) groups is 2. The fourth-order valence-corrected chi connectivity index (χ4v) is 3.28. The van der Waals surface area contributed by atoms with Crippen LogP contribution in [0, 0.1) is 0 Å². The molecule has 1 unspecified atom stereocenters. The largest absolute Gasteiger partial charge is 0.394 e. The number of ether oxygens (including phenoxy) is 1. The zero-order chi connectivity index (χ0) is 17.8. The number of morpholine rings is 1. The van der Waals surface area contributed by atoms with Gasteiger partial charge >= 0.3 is 6.03 Å². The Morgan fingerprint density at radius 3 is 2.76 bits per heavy atom. The van der Waals surface area contributed by atoms with E-state index in [2.05, 4.69) is 5.32 Å². The van der Waals surface area contributed by atoms with Gasteiger partial charge in [-0.1, -0.05) is 11.6 Å². The summed E-state index contributed by atoms with van der Waals surface area (Å²) in [5, 5.41) is 12.5. The molecule has 1 aromatic rings. The van der Waals surface area contributed by atoms with Crippen LogP contribution in [0.4, 0.5) is 10.5 Å². The Morgan fingerprint density at radius 1 is 1.28 bits per heavy atom. The number of rotatable bonds is 3. The number of urea groups is 1. The van der Waals surface area contributed by atoms with Crippen LogP contribution in [0.25, 0.3) is 0 Å². The Morgan fingerprint density at radius 2 is 2.04 bits per heavy atom. The smallest absolute Gasteiger partial charge is 0.322 e. The third-order valence-corrected chi connectivity index (χ3v) is 4.88. The molecule has 2 N–H and O–H groups in total. The van der Waals surface area contributed by atoms with E-state index in [4.69, 9.17) is 16.3 Å². The third-order valence-electron chi connectivity index (χ3n) is 4.55. The van der Waals surface area contributed by atoms with Gasteiger partial charge in [0.25, 0.3) is 5.91 Å². The van der Waals surface area contributed by atoms with Crippen LogP contribution in [-0.2, 0) is 4.74 Å². The van der Waals surface area contributed by atoms with Crippen molar-refractivity contribution in [1.82, 2.24) is 9.80 Å². The first-order chi connectivity index (χ1) is 12.1. The van der Waals surface area contributed by atoms with Crippen molar-refractivity contribution in [2.75, 3.05) is 44.8 Å². The lowest BCUT2D eigenvalue weighted by molar-refractivity contribution is -0.00485. The molecule has 0 aromatic heterocycles. The van der Waals surface area contributed by atoms with E-state index < -0.39 is 0 Å². The molecule has 2 fully saturated rings. The minimum absolute atomic E-state index is 0.0516. The molecule has 2 saturated heterocycles. The zero-order valence-electron chi connectivity index (χ0n) is 13.9. The molecule has 25 heavy (non-hydrogen) atoms. The van der Waals surface area contributed by atoms with E-state index in [0.717, 1.165) is 25.9 Å². The van der Waals surface area contributed by atoms with Gasteiger partial charge in [-0.25, -0.2) is 4.79 Å². The SMILES string of the molecule is O=C(c1ccc(Cl)c(NC(=O)N2CCOCC2CO)c1)N1CCCC1. The number of halogens is 1. The second-order valence-corrected chi connectivity index (χ2v) is 6.64. The Kier molecular flexibility index (Phi) is 5.78. The number of anilines is 1. The van der Waals surface area contributed by atoms with Gasteiger partial charge < -0.3 is 25.0 Å². The van der Waals surface area contributed by atoms with Gasteiger partial charge in [-0.15, -0.1) is 0 Å². The van der Waals surface area contributed by atoms with E-state index in [9.17, 15) is 14.7 Å². The molecule has 3 rings (SSSR count). The van der Waals surface area contributed by atoms with Crippen LogP contribution in [0.2, 0.25) is 5.02 Å². The summed E-state index contributed by atoms with van der Waals surface area (Å²) in [5.41, 5.74) is 0.891. The highest BCUT2D eigenvalue weighted by Crippen LogP contribution is 2.25. The maximum atomic E-state index is 12.5. The molecule has 1 atom stereocenters. The minimum atomic E-state index is -0.387. The summed E-state index contributed by atoms with van der Waals surface area (Å²) in [5.74, 6) is -0.0516. The van der Waals surface area contributed by atoms with Crippen molar-refractivity contribution in [3.8, 4) is 0 Å². The van der Waals surface area contributed by atoms with Crippen LogP contribution in [-0.4, -0.2) is 72.3 Å². The van der Waals surface area contributed by atoms with Crippen molar-refractivity contribution in [3.05, 3.63) is 28.8 Å². The van der Waals surface area contributed by atoms with Crippen molar-refractivity contribution in [2.24, 2.45) is 0 Å². The summed E-state index contributed by atoms with van der Waals surface area (Å²) in [4.78, 5) is 28.4. The molecule has 1 aromatic carbocycles. The van der Waals surface area contributed by atoms with Gasteiger partial charge in [0, 0.05) is 25.2 Å². The molecule has 136 valence electrons. The lowest BCUT2D eigenvalue weighted by Gasteiger charge is -2.34. The second kappa shape index (κ2) is 8.03. The molecular formula is C17H22ClN3O4. The number of hydrogen-bond donors (Lipinski definition) is 2. The average Bonchev–Trinajstić information content (AvgIpc) is 3.17. The molecule has 2 aliphatic rings. The number of aliphatic hydroxyl groups excluding tert-OH is 1. The van der Waals surface area contributed by atoms with E-state index in [1.807, 2.05) is 0 Å². The summed E-state index contributed by atoms with van der Waals surface area (Å²) in [6, 6.07) is 4.14. The highest BCUT2D eigenvalue weighted by atomic mass is 35.5. The van der Waals surface area contributed by atoms with Gasteiger partial charge in [0.2, 0.25) is 0 Å². The second-order valence-electron chi connectivity index (χ2n) is 6.23. The number of hydrogen-bond acceptors (Lipinski definition) is 4. The van der Waals surface area contributed by atoms with E-state index >= 15 is 0 Å². The minimum Gasteiger partial charge on any atom is -0.394 e. The zero-order valence-corrected chi connectivity index (χ0v) is 14.7. The highest BCUT2D eigenvalue weighted by molar-refractivity contribution is 6.33. The van der Waals surface area contributed by atoms with Crippen LogP contribution < -0.4 is 5.32 Å². The number of amides is 3. The Hall–Kier alpha value is -1.83. The van der Waals surface area contributed by atoms with E-state index in [-0.39, 0.29) is 24.6 Å². The van der Waals surface area contributed by atoms with E-state index in [1.165, 1.54) is 4.90 Å². The molecule has 0 spiro atoms. The number of nitrogens with one attached hydrogen (secondary N) is 1. The van der Waals surface area contributed by atoms with Gasteiger partial charge in [-0.2, -0.15) is 0 Å². The molecule has 3 amide bonds. The van der Waals surface area contributed by atoms with Crippen molar-refractivity contribution in [3.63, 3.8) is 0 Å². The number of carbonyl (C=O) groups excluding carboxylic acids is 2.